The van der Waals surface area contributed by atoms with E-state index in [-0.39, 0.29) is 12.1 Å². The fourth-order valence-corrected chi connectivity index (χ4v) is 2.21. The summed E-state index contributed by atoms with van der Waals surface area (Å²) < 4.78 is 0. The number of hydrogen-bond acceptors (Lipinski definition) is 2. The average molecular weight is 187 g/mol. The molecule has 0 aromatic rings. The smallest absolute Gasteiger partial charge is 0.0434 e. The zero-order chi connectivity index (χ0) is 10.5. The van der Waals surface area contributed by atoms with Crippen molar-refractivity contribution in [1.29, 1.82) is 0 Å². The van der Waals surface area contributed by atoms with Crippen LogP contribution in [0.5, 0.6) is 0 Å². The van der Waals surface area contributed by atoms with Crippen molar-refractivity contribution in [3.05, 3.63) is 0 Å². The summed E-state index contributed by atoms with van der Waals surface area (Å²) in [5, 5.41) is 8.98. The summed E-state index contributed by atoms with van der Waals surface area (Å²) >= 11 is 0. The van der Waals surface area contributed by atoms with Crippen LogP contribution in [0.15, 0.2) is 0 Å². The van der Waals surface area contributed by atoms with Crippen molar-refractivity contribution in [1.82, 2.24) is 0 Å². The maximum Gasteiger partial charge on any atom is 0.0434 e. The van der Waals surface area contributed by atoms with Crippen LogP contribution >= 0.6 is 0 Å². The minimum atomic E-state index is -0.167. The Morgan fingerprint density at radius 3 is 1.92 bits per heavy atom. The summed E-state index contributed by atoms with van der Waals surface area (Å²) in [6.45, 7) is 8.77. The molecule has 0 spiro atoms. The lowest BCUT2D eigenvalue weighted by Gasteiger charge is -2.36. The molecule has 0 aliphatic rings. The first-order chi connectivity index (χ1) is 5.97. The van der Waals surface area contributed by atoms with E-state index in [1.54, 1.807) is 0 Å². The van der Waals surface area contributed by atoms with Gasteiger partial charge >= 0.3 is 0 Å². The summed E-state index contributed by atoms with van der Waals surface area (Å²) in [6.07, 6.45) is 3.14. The van der Waals surface area contributed by atoms with Gasteiger partial charge in [-0.15, -0.1) is 0 Å². The van der Waals surface area contributed by atoms with Crippen LogP contribution in [-0.2, 0) is 0 Å². The van der Waals surface area contributed by atoms with E-state index in [0.29, 0.717) is 11.8 Å². The van der Waals surface area contributed by atoms with E-state index in [9.17, 15) is 0 Å². The summed E-state index contributed by atoms with van der Waals surface area (Å²) in [7, 11) is 0. The molecule has 3 N–H and O–H groups in total. The highest BCUT2D eigenvalue weighted by molar-refractivity contribution is 4.86. The molecular formula is C11H25NO. The Hall–Kier alpha value is -0.0800. The highest BCUT2D eigenvalue weighted by Crippen LogP contribution is 2.30. The molecule has 1 unspecified atom stereocenters. The molecule has 0 heterocycles. The molecule has 0 bridgehead atoms. The quantitative estimate of drug-likeness (QED) is 0.669. The molecule has 1 atom stereocenters. The SMILES string of the molecule is CCC(CC)C(CCO)C(C)(C)N. The molecule has 2 nitrogen and oxygen atoms in total. The van der Waals surface area contributed by atoms with E-state index in [2.05, 4.69) is 27.7 Å². The molecule has 0 saturated carbocycles. The Kier molecular flexibility index (Phi) is 5.57. The van der Waals surface area contributed by atoms with Crippen LogP contribution < -0.4 is 5.73 Å². The maximum absolute atomic E-state index is 8.98. The summed E-state index contributed by atoms with van der Waals surface area (Å²) in [5.74, 6) is 1.08. The van der Waals surface area contributed by atoms with Gasteiger partial charge in [0.15, 0.2) is 0 Å². The topological polar surface area (TPSA) is 46.2 Å². The van der Waals surface area contributed by atoms with Gasteiger partial charge in [-0.3, -0.25) is 0 Å². The molecule has 80 valence electrons. The summed E-state index contributed by atoms with van der Waals surface area (Å²) in [4.78, 5) is 0. The third kappa shape index (κ3) is 4.10. The van der Waals surface area contributed by atoms with Crippen LogP contribution in [0, 0.1) is 11.8 Å². The van der Waals surface area contributed by atoms with E-state index >= 15 is 0 Å². The van der Waals surface area contributed by atoms with Crippen molar-refractivity contribution in [2.45, 2.75) is 52.5 Å². The van der Waals surface area contributed by atoms with E-state index in [1.807, 2.05) is 0 Å². The maximum atomic E-state index is 8.98. The van der Waals surface area contributed by atoms with Crippen LogP contribution in [0.25, 0.3) is 0 Å². The molecule has 13 heavy (non-hydrogen) atoms. The molecule has 0 amide bonds. The van der Waals surface area contributed by atoms with Crippen molar-refractivity contribution in [3.63, 3.8) is 0 Å². The Morgan fingerprint density at radius 1 is 1.23 bits per heavy atom. The second-order valence-corrected chi connectivity index (χ2v) is 4.52. The number of rotatable bonds is 6. The van der Waals surface area contributed by atoms with E-state index in [1.165, 1.54) is 0 Å². The Balaban J connectivity index is 4.38. The van der Waals surface area contributed by atoms with Crippen LogP contribution in [0.4, 0.5) is 0 Å². The van der Waals surface area contributed by atoms with Crippen molar-refractivity contribution >= 4 is 0 Å². The third-order valence-corrected chi connectivity index (χ3v) is 3.01. The molecule has 0 aliphatic carbocycles. The highest BCUT2D eigenvalue weighted by Gasteiger charge is 2.29. The molecule has 0 aromatic carbocycles. The largest absolute Gasteiger partial charge is 0.396 e. The van der Waals surface area contributed by atoms with Gasteiger partial charge in [-0.25, -0.2) is 0 Å². The van der Waals surface area contributed by atoms with Gasteiger partial charge in [-0.1, -0.05) is 26.7 Å². The first-order valence-corrected chi connectivity index (χ1v) is 5.37. The molecule has 2 heteroatoms. The molecule has 0 rings (SSSR count). The minimum absolute atomic E-state index is 0.167. The van der Waals surface area contributed by atoms with Gasteiger partial charge in [-0.2, -0.15) is 0 Å². The van der Waals surface area contributed by atoms with Gasteiger partial charge in [0, 0.05) is 12.1 Å². The molecule has 0 saturated heterocycles. The Bertz CT molecular complexity index is 125. The second-order valence-electron chi connectivity index (χ2n) is 4.52. The normalized spacial score (nSPS) is 15.0. The van der Waals surface area contributed by atoms with Gasteiger partial charge in [0.25, 0.3) is 0 Å². The molecule has 0 aliphatic heterocycles. The minimum Gasteiger partial charge on any atom is -0.396 e. The van der Waals surface area contributed by atoms with Crippen molar-refractivity contribution in [2.24, 2.45) is 17.6 Å². The predicted molar refractivity (Wildman–Crippen MR) is 57.5 cm³/mol. The van der Waals surface area contributed by atoms with E-state index < -0.39 is 0 Å². The van der Waals surface area contributed by atoms with Gasteiger partial charge in [0.1, 0.15) is 0 Å². The van der Waals surface area contributed by atoms with Crippen LogP contribution in [0.2, 0.25) is 0 Å². The fraction of sp³-hybridized carbons (Fsp3) is 1.00. The van der Waals surface area contributed by atoms with Crippen LogP contribution in [-0.4, -0.2) is 17.3 Å². The highest BCUT2D eigenvalue weighted by atomic mass is 16.3. The Morgan fingerprint density at radius 2 is 1.69 bits per heavy atom. The zero-order valence-electron chi connectivity index (χ0n) is 9.51. The van der Waals surface area contributed by atoms with Gasteiger partial charge < -0.3 is 10.8 Å². The lowest BCUT2D eigenvalue weighted by atomic mass is 9.74. The molecule has 0 fully saturated rings. The number of aliphatic hydroxyl groups excluding tert-OH is 1. The summed E-state index contributed by atoms with van der Waals surface area (Å²) in [6, 6.07) is 0. The Labute approximate surface area is 82.5 Å². The van der Waals surface area contributed by atoms with Crippen molar-refractivity contribution in [2.75, 3.05) is 6.61 Å². The van der Waals surface area contributed by atoms with E-state index in [4.69, 9.17) is 10.8 Å². The zero-order valence-corrected chi connectivity index (χ0v) is 9.51. The predicted octanol–water partition coefficient (Wildman–Crippen LogP) is 2.16. The first kappa shape index (κ1) is 12.9. The van der Waals surface area contributed by atoms with Crippen molar-refractivity contribution < 1.29 is 5.11 Å². The van der Waals surface area contributed by atoms with Crippen molar-refractivity contribution in [3.8, 4) is 0 Å². The third-order valence-electron chi connectivity index (χ3n) is 3.01. The number of aliphatic hydroxyl groups is 1. The number of nitrogens with two attached hydrogens (primary N) is 1. The lowest BCUT2D eigenvalue weighted by Crippen LogP contribution is -2.44. The average Bonchev–Trinajstić information content (AvgIpc) is 2.03. The standard InChI is InChI=1S/C11H25NO/c1-5-9(6-2)10(7-8-13)11(3,4)12/h9-10,13H,5-8,12H2,1-4H3. The second kappa shape index (κ2) is 5.61. The lowest BCUT2D eigenvalue weighted by molar-refractivity contribution is 0.151. The molecule has 0 aromatic heterocycles. The van der Waals surface area contributed by atoms with Gasteiger partial charge in [0.05, 0.1) is 0 Å². The fourth-order valence-electron chi connectivity index (χ4n) is 2.21. The van der Waals surface area contributed by atoms with Gasteiger partial charge in [0.2, 0.25) is 0 Å². The van der Waals surface area contributed by atoms with E-state index in [0.717, 1.165) is 19.3 Å². The number of hydrogen-bond donors (Lipinski definition) is 2. The summed E-state index contributed by atoms with van der Waals surface area (Å²) in [5.41, 5.74) is 5.94. The van der Waals surface area contributed by atoms with Gasteiger partial charge in [-0.05, 0) is 32.1 Å². The molecule has 0 radical (unpaired) electrons. The molecular weight excluding hydrogens is 162 g/mol. The van der Waals surface area contributed by atoms with Crippen LogP contribution in [0.3, 0.4) is 0 Å². The monoisotopic (exact) mass is 187 g/mol. The van der Waals surface area contributed by atoms with Crippen LogP contribution in [0.1, 0.15) is 47.0 Å². The first-order valence-electron chi connectivity index (χ1n) is 5.37.